The van der Waals surface area contributed by atoms with E-state index in [4.69, 9.17) is 4.74 Å². The predicted molar refractivity (Wildman–Crippen MR) is 141 cm³/mol. The van der Waals surface area contributed by atoms with Gasteiger partial charge in [0.1, 0.15) is 0 Å². The Morgan fingerprint density at radius 1 is 1.14 bits per heavy atom. The van der Waals surface area contributed by atoms with Crippen LogP contribution in [0.5, 0.6) is 0 Å². The number of rotatable bonds is 11. The number of likely N-dealkylation sites (N-methyl/N-ethyl adjacent to an activating group) is 1. The first-order valence-corrected chi connectivity index (χ1v) is 14.1. The minimum absolute atomic E-state index is 0.262. The SMILES string of the molecule is CC(C)Cc1ccc2nn(C)cc2c1NS(=O)(=O)c1ccc(CCCOC[C@H]2CCCN2C)cc1. The molecule has 2 aromatic carbocycles. The summed E-state index contributed by atoms with van der Waals surface area (Å²) in [5.74, 6) is 0.398. The Labute approximate surface area is 209 Å². The van der Waals surface area contributed by atoms with Gasteiger partial charge in [0, 0.05) is 31.3 Å². The minimum atomic E-state index is -3.73. The maximum atomic E-state index is 13.3. The molecule has 1 aliphatic heterocycles. The molecule has 190 valence electrons. The molecule has 1 saturated heterocycles. The largest absolute Gasteiger partial charge is 0.380 e. The van der Waals surface area contributed by atoms with E-state index in [1.807, 2.05) is 37.5 Å². The zero-order valence-electron chi connectivity index (χ0n) is 21.3. The van der Waals surface area contributed by atoms with Crippen LogP contribution in [0, 0.1) is 5.92 Å². The molecule has 1 aromatic heterocycles. The summed E-state index contributed by atoms with van der Waals surface area (Å²) in [5, 5.41) is 5.26. The number of nitrogens with one attached hydrogen (secondary N) is 1. The van der Waals surface area contributed by atoms with Gasteiger partial charge in [-0.1, -0.05) is 32.0 Å². The molecule has 35 heavy (non-hydrogen) atoms. The lowest BCUT2D eigenvalue weighted by molar-refractivity contribution is 0.0844. The van der Waals surface area contributed by atoms with Crippen molar-refractivity contribution in [2.75, 3.05) is 31.5 Å². The second-order valence-electron chi connectivity index (χ2n) is 10.1. The number of aromatic nitrogens is 2. The summed E-state index contributed by atoms with van der Waals surface area (Å²) < 4.78 is 37.0. The van der Waals surface area contributed by atoms with Gasteiger partial charge in [0.2, 0.25) is 0 Å². The molecule has 0 aliphatic carbocycles. The lowest BCUT2D eigenvalue weighted by atomic mass is 10.00. The number of sulfonamides is 1. The highest BCUT2D eigenvalue weighted by Gasteiger charge is 2.21. The van der Waals surface area contributed by atoms with E-state index in [2.05, 4.69) is 35.6 Å². The van der Waals surface area contributed by atoms with Crippen molar-refractivity contribution < 1.29 is 13.2 Å². The topological polar surface area (TPSA) is 76.5 Å². The van der Waals surface area contributed by atoms with Crippen LogP contribution in [0.25, 0.3) is 10.9 Å². The summed E-state index contributed by atoms with van der Waals surface area (Å²) >= 11 is 0. The first-order valence-electron chi connectivity index (χ1n) is 12.6. The van der Waals surface area contributed by atoms with Gasteiger partial charge in [-0.2, -0.15) is 5.10 Å². The second-order valence-corrected chi connectivity index (χ2v) is 11.8. The van der Waals surface area contributed by atoms with Crippen molar-refractivity contribution in [3.8, 4) is 0 Å². The molecular formula is C27H38N4O3S. The van der Waals surface area contributed by atoms with E-state index in [-0.39, 0.29) is 4.90 Å². The maximum Gasteiger partial charge on any atom is 0.261 e. The van der Waals surface area contributed by atoms with Crippen LogP contribution in [0.4, 0.5) is 5.69 Å². The third-order valence-corrected chi connectivity index (χ3v) is 8.09. The van der Waals surface area contributed by atoms with Gasteiger partial charge >= 0.3 is 0 Å². The number of nitrogens with zero attached hydrogens (tertiary/aromatic N) is 3. The standard InChI is InChI=1S/C27H38N4O3S/c1-20(2)17-22-11-14-26-25(18-31(4)28-26)27(22)29-35(32,33)24-12-9-21(10-13-24)7-6-16-34-19-23-8-5-15-30(23)3/h9-14,18,20,23,29H,5-8,15-17,19H2,1-4H3/t23-/m1/s1. The van der Waals surface area contributed by atoms with Crippen LogP contribution in [-0.2, 0) is 34.6 Å². The third kappa shape index (κ3) is 6.42. The summed E-state index contributed by atoms with van der Waals surface area (Å²) in [7, 11) is 0.274. The van der Waals surface area contributed by atoms with Crippen molar-refractivity contribution in [3.63, 3.8) is 0 Å². The smallest absolute Gasteiger partial charge is 0.261 e. The summed E-state index contributed by atoms with van der Waals surface area (Å²) in [4.78, 5) is 2.63. The van der Waals surface area contributed by atoms with Crippen molar-refractivity contribution in [2.24, 2.45) is 13.0 Å². The lowest BCUT2D eigenvalue weighted by Gasteiger charge is -2.19. The molecule has 1 aliphatic rings. The Hall–Kier alpha value is -2.42. The molecule has 4 rings (SSSR count). The molecule has 2 heterocycles. The van der Waals surface area contributed by atoms with Crippen LogP contribution < -0.4 is 4.72 Å². The Balaban J connectivity index is 1.40. The fraction of sp³-hybridized carbons (Fsp3) is 0.519. The van der Waals surface area contributed by atoms with Crippen molar-refractivity contribution >= 4 is 26.6 Å². The van der Waals surface area contributed by atoms with Crippen LogP contribution in [-0.4, -0.2) is 55.9 Å². The van der Waals surface area contributed by atoms with E-state index in [0.717, 1.165) is 61.1 Å². The quantitative estimate of drug-likeness (QED) is 0.391. The number of aryl methyl sites for hydroxylation is 2. The second kappa shape index (κ2) is 11.1. The van der Waals surface area contributed by atoms with Gasteiger partial charge in [0.15, 0.2) is 0 Å². The number of hydrogen-bond donors (Lipinski definition) is 1. The molecule has 0 radical (unpaired) electrons. The summed E-state index contributed by atoms with van der Waals surface area (Å²) in [5.41, 5.74) is 3.48. The third-order valence-electron chi connectivity index (χ3n) is 6.72. The molecule has 1 N–H and O–H groups in total. The number of likely N-dealkylation sites (tertiary alicyclic amines) is 1. The van der Waals surface area contributed by atoms with Gasteiger partial charge in [-0.05, 0) is 80.9 Å². The number of benzene rings is 2. The summed E-state index contributed by atoms with van der Waals surface area (Å²) in [6, 6.07) is 11.7. The number of hydrogen-bond acceptors (Lipinski definition) is 5. The summed E-state index contributed by atoms with van der Waals surface area (Å²) in [6.45, 7) is 6.93. The van der Waals surface area contributed by atoms with Crippen molar-refractivity contribution in [1.82, 2.24) is 14.7 Å². The van der Waals surface area contributed by atoms with Crippen LogP contribution in [0.3, 0.4) is 0 Å². The Bertz CT molecular complexity index is 1240. The number of ether oxygens (including phenoxy) is 1. The average Bonchev–Trinajstić information content (AvgIpc) is 3.39. The number of anilines is 1. The van der Waals surface area contributed by atoms with E-state index in [1.54, 1.807) is 16.8 Å². The lowest BCUT2D eigenvalue weighted by Crippen LogP contribution is -2.29. The van der Waals surface area contributed by atoms with Gasteiger partial charge in [-0.15, -0.1) is 0 Å². The van der Waals surface area contributed by atoms with Crippen LogP contribution in [0.1, 0.15) is 44.2 Å². The van der Waals surface area contributed by atoms with E-state index in [9.17, 15) is 8.42 Å². The molecule has 0 saturated carbocycles. The molecule has 0 spiro atoms. The van der Waals surface area contributed by atoms with Gasteiger partial charge in [-0.3, -0.25) is 9.40 Å². The van der Waals surface area contributed by atoms with Crippen molar-refractivity contribution in [2.45, 2.75) is 56.9 Å². The minimum Gasteiger partial charge on any atom is -0.380 e. The first kappa shape index (κ1) is 25.7. The van der Waals surface area contributed by atoms with Crippen molar-refractivity contribution in [3.05, 3.63) is 53.7 Å². The molecule has 0 bridgehead atoms. The van der Waals surface area contributed by atoms with Crippen LogP contribution in [0.2, 0.25) is 0 Å². The van der Waals surface area contributed by atoms with Gasteiger partial charge < -0.3 is 9.64 Å². The number of fused-ring (bicyclic) bond motifs is 1. The van der Waals surface area contributed by atoms with Crippen molar-refractivity contribution in [1.29, 1.82) is 0 Å². The molecule has 0 amide bonds. The van der Waals surface area contributed by atoms with Crippen LogP contribution in [0.15, 0.2) is 47.5 Å². The maximum absolute atomic E-state index is 13.3. The summed E-state index contributed by atoms with van der Waals surface area (Å²) in [6.07, 6.45) is 6.90. The van der Waals surface area contributed by atoms with Crippen LogP contribution >= 0.6 is 0 Å². The van der Waals surface area contributed by atoms with Gasteiger partial charge in [0.25, 0.3) is 10.0 Å². The molecular weight excluding hydrogens is 460 g/mol. The first-order chi connectivity index (χ1) is 16.7. The van der Waals surface area contributed by atoms with E-state index in [1.165, 1.54) is 12.8 Å². The fourth-order valence-electron chi connectivity index (χ4n) is 4.80. The molecule has 7 nitrogen and oxygen atoms in total. The molecule has 8 heteroatoms. The van der Waals surface area contributed by atoms with E-state index < -0.39 is 10.0 Å². The molecule has 0 unspecified atom stereocenters. The Morgan fingerprint density at radius 3 is 2.60 bits per heavy atom. The van der Waals surface area contributed by atoms with E-state index >= 15 is 0 Å². The average molecular weight is 499 g/mol. The molecule has 1 atom stereocenters. The predicted octanol–water partition coefficient (Wildman–Crippen LogP) is 4.62. The zero-order chi connectivity index (χ0) is 25.0. The Morgan fingerprint density at radius 2 is 1.91 bits per heavy atom. The normalized spacial score (nSPS) is 17.0. The van der Waals surface area contributed by atoms with Gasteiger partial charge in [-0.25, -0.2) is 8.42 Å². The molecule has 1 fully saturated rings. The molecule has 3 aromatic rings. The van der Waals surface area contributed by atoms with Gasteiger partial charge in [0.05, 0.1) is 22.7 Å². The highest BCUT2D eigenvalue weighted by Crippen LogP contribution is 2.31. The fourth-order valence-corrected chi connectivity index (χ4v) is 5.93. The monoisotopic (exact) mass is 498 g/mol. The Kier molecular flexibility index (Phi) is 8.14. The van der Waals surface area contributed by atoms with E-state index in [0.29, 0.717) is 17.6 Å². The highest BCUT2D eigenvalue weighted by molar-refractivity contribution is 7.92. The zero-order valence-corrected chi connectivity index (χ0v) is 22.1. The highest BCUT2D eigenvalue weighted by atomic mass is 32.2.